The Morgan fingerprint density at radius 1 is 1.46 bits per heavy atom. The van der Waals surface area contributed by atoms with E-state index >= 15 is 0 Å². The largest absolute Gasteiger partial charge is 0.375 e. The molecule has 2 rings (SSSR count). The lowest BCUT2D eigenvalue weighted by molar-refractivity contribution is -0.171. The molecule has 1 aliphatic carbocycles. The number of hydrogen-bond donors (Lipinski definition) is 1. The zero-order valence-electron chi connectivity index (χ0n) is 8.81. The van der Waals surface area contributed by atoms with Crippen molar-refractivity contribution in [3.63, 3.8) is 0 Å². The molecule has 2 fully saturated rings. The lowest BCUT2D eigenvalue weighted by Gasteiger charge is -2.52. The minimum atomic E-state index is 0.269. The Balaban J connectivity index is 1.92. The Morgan fingerprint density at radius 2 is 2.31 bits per heavy atom. The summed E-state index contributed by atoms with van der Waals surface area (Å²) in [5, 5.41) is 3.55. The smallest absolute Gasteiger partial charge is 0.0722 e. The summed E-state index contributed by atoms with van der Waals surface area (Å²) in [6.07, 6.45) is 5.08. The van der Waals surface area contributed by atoms with Crippen LogP contribution in [0.4, 0.5) is 0 Å². The lowest BCUT2D eigenvalue weighted by Crippen LogP contribution is -2.55. The highest BCUT2D eigenvalue weighted by Crippen LogP contribution is 2.46. The van der Waals surface area contributed by atoms with Crippen LogP contribution in [0.2, 0.25) is 0 Å². The summed E-state index contributed by atoms with van der Waals surface area (Å²) in [4.78, 5) is 0. The molecule has 1 saturated carbocycles. The zero-order chi connectivity index (χ0) is 9.31. The molecule has 2 heteroatoms. The summed E-state index contributed by atoms with van der Waals surface area (Å²) in [5.74, 6) is 0.786. The molecule has 0 radical (unpaired) electrons. The lowest BCUT2D eigenvalue weighted by atomic mass is 9.66. The number of ether oxygens (including phenoxy) is 1. The van der Waals surface area contributed by atoms with E-state index < -0.39 is 0 Å². The number of rotatable bonds is 2. The van der Waals surface area contributed by atoms with Crippen LogP contribution in [0, 0.1) is 5.92 Å². The topological polar surface area (TPSA) is 21.3 Å². The standard InChI is InChI=1S/C11H21NO/c1-3-12-10-5-7-13-11(8-10)6-4-9(11)2/h9-10,12H,3-8H2,1-2H3. The normalized spacial score (nSPS) is 44.8. The minimum absolute atomic E-state index is 0.269. The van der Waals surface area contributed by atoms with Crippen molar-refractivity contribution < 1.29 is 4.74 Å². The van der Waals surface area contributed by atoms with Gasteiger partial charge in [0.05, 0.1) is 5.60 Å². The molecular weight excluding hydrogens is 162 g/mol. The molecule has 0 bridgehead atoms. The summed E-state index contributed by atoms with van der Waals surface area (Å²) in [6.45, 7) is 6.57. The van der Waals surface area contributed by atoms with Crippen molar-refractivity contribution in [2.75, 3.05) is 13.2 Å². The summed E-state index contributed by atoms with van der Waals surface area (Å²) < 4.78 is 5.95. The van der Waals surface area contributed by atoms with Gasteiger partial charge in [0, 0.05) is 12.6 Å². The summed E-state index contributed by atoms with van der Waals surface area (Å²) in [5.41, 5.74) is 0.269. The molecule has 0 aromatic carbocycles. The Hall–Kier alpha value is -0.0800. The van der Waals surface area contributed by atoms with Crippen LogP contribution in [-0.2, 0) is 4.74 Å². The molecule has 1 spiro atoms. The third-order valence-electron chi connectivity index (χ3n) is 3.84. The molecule has 76 valence electrons. The van der Waals surface area contributed by atoms with Gasteiger partial charge in [-0.15, -0.1) is 0 Å². The van der Waals surface area contributed by atoms with Crippen molar-refractivity contribution in [3.05, 3.63) is 0 Å². The van der Waals surface area contributed by atoms with Gasteiger partial charge in [0.2, 0.25) is 0 Å². The van der Waals surface area contributed by atoms with E-state index in [1.807, 2.05) is 0 Å². The van der Waals surface area contributed by atoms with E-state index in [1.165, 1.54) is 25.7 Å². The highest BCUT2D eigenvalue weighted by atomic mass is 16.5. The van der Waals surface area contributed by atoms with Crippen molar-refractivity contribution >= 4 is 0 Å². The third kappa shape index (κ3) is 1.62. The molecule has 2 aliphatic rings. The van der Waals surface area contributed by atoms with Gasteiger partial charge in [-0.1, -0.05) is 13.8 Å². The summed E-state index contributed by atoms with van der Waals surface area (Å²) >= 11 is 0. The van der Waals surface area contributed by atoms with Gasteiger partial charge in [0.15, 0.2) is 0 Å². The predicted molar refractivity (Wildman–Crippen MR) is 53.8 cm³/mol. The van der Waals surface area contributed by atoms with E-state index in [0.29, 0.717) is 6.04 Å². The van der Waals surface area contributed by atoms with Gasteiger partial charge in [-0.2, -0.15) is 0 Å². The Bertz CT molecular complexity index is 181. The predicted octanol–water partition coefficient (Wildman–Crippen LogP) is 1.94. The highest BCUT2D eigenvalue weighted by Gasteiger charge is 2.48. The van der Waals surface area contributed by atoms with E-state index in [0.717, 1.165) is 19.1 Å². The Morgan fingerprint density at radius 3 is 2.85 bits per heavy atom. The number of hydrogen-bond acceptors (Lipinski definition) is 2. The van der Waals surface area contributed by atoms with Crippen molar-refractivity contribution in [1.82, 2.24) is 5.32 Å². The van der Waals surface area contributed by atoms with Crippen LogP contribution in [0.1, 0.15) is 39.5 Å². The first-order valence-electron chi connectivity index (χ1n) is 5.64. The first-order valence-corrected chi connectivity index (χ1v) is 5.64. The summed E-state index contributed by atoms with van der Waals surface area (Å²) in [7, 11) is 0. The highest BCUT2D eigenvalue weighted by molar-refractivity contribution is 5.00. The molecule has 0 aromatic heterocycles. The van der Waals surface area contributed by atoms with Crippen molar-refractivity contribution in [1.29, 1.82) is 0 Å². The minimum Gasteiger partial charge on any atom is -0.375 e. The van der Waals surface area contributed by atoms with E-state index in [2.05, 4.69) is 19.2 Å². The molecule has 0 amide bonds. The molecule has 13 heavy (non-hydrogen) atoms. The van der Waals surface area contributed by atoms with Crippen LogP contribution < -0.4 is 5.32 Å². The number of nitrogens with one attached hydrogen (secondary N) is 1. The van der Waals surface area contributed by atoms with E-state index in [1.54, 1.807) is 0 Å². The molecule has 0 aromatic rings. The van der Waals surface area contributed by atoms with Crippen molar-refractivity contribution in [2.45, 2.75) is 51.2 Å². The maximum atomic E-state index is 5.95. The molecule has 1 N–H and O–H groups in total. The summed E-state index contributed by atoms with van der Waals surface area (Å²) in [6, 6.07) is 0.710. The van der Waals surface area contributed by atoms with Crippen molar-refractivity contribution in [2.24, 2.45) is 5.92 Å². The van der Waals surface area contributed by atoms with Gasteiger partial charge >= 0.3 is 0 Å². The second-order valence-corrected chi connectivity index (χ2v) is 4.60. The zero-order valence-corrected chi connectivity index (χ0v) is 8.81. The molecule has 3 atom stereocenters. The van der Waals surface area contributed by atoms with Gasteiger partial charge in [-0.3, -0.25) is 0 Å². The van der Waals surface area contributed by atoms with Crippen molar-refractivity contribution in [3.8, 4) is 0 Å². The molecule has 1 saturated heterocycles. The van der Waals surface area contributed by atoms with Crippen LogP contribution in [0.25, 0.3) is 0 Å². The molecule has 1 heterocycles. The fourth-order valence-electron chi connectivity index (χ4n) is 2.72. The van der Waals surface area contributed by atoms with Crippen LogP contribution in [0.15, 0.2) is 0 Å². The first-order chi connectivity index (χ1) is 6.27. The van der Waals surface area contributed by atoms with E-state index in [4.69, 9.17) is 4.74 Å². The molecule has 3 unspecified atom stereocenters. The fourth-order valence-corrected chi connectivity index (χ4v) is 2.72. The first kappa shape index (κ1) is 9.47. The monoisotopic (exact) mass is 183 g/mol. The van der Waals surface area contributed by atoms with Gasteiger partial charge in [-0.25, -0.2) is 0 Å². The quantitative estimate of drug-likeness (QED) is 0.706. The Kier molecular flexibility index (Phi) is 2.61. The van der Waals surface area contributed by atoms with Gasteiger partial charge in [0.1, 0.15) is 0 Å². The van der Waals surface area contributed by atoms with Crippen LogP contribution in [0.3, 0.4) is 0 Å². The van der Waals surface area contributed by atoms with Gasteiger partial charge < -0.3 is 10.1 Å². The second-order valence-electron chi connectivity index (χ2n) is 4.60. The van der Waals surface area contributed by atoms with E-state index in [-0.39, 0.29) is 5.60 Å². The molecule has 2 nitrogen and oxygen atoms in total. The van der Waals surface area contributed by atoms with Crippen LogP contribution in [0.5, 0.6) is 0 Å². The maximum absolute atomic E-state index is 5.95. The van der Waals surface area contributed by atoms with Gasteiger partial charge in [0.25, 0.3) is 0 Å². The maximum Gasteiger partial charge on any atom is 0.0722 e. The Labute approximate surface area is 81.0 Å². The average molecular weight is 183 g/mol. The second kappa shape index (κ2) is 3.58. The molecule has 1 aliphatic heterocycles. The van der Waals surface area contributed by atoms with Crippen LogP contribution in [-0.4, -0.2) is 24.8 Å². The van der Waals surface area contributed by atoms with E-state index in [9.17, 15) is 0 Å². The van der Waals surface area contributed by atoms with Gasteiger partial charge in [-0.05, 0) is 38.1 Å². The van der Waals surface area contributed by atoms with Crippen LogP contribution >= 0.6 is 0 Å². The third-order valence-corrected chi connectivity index (χ3v) is 3.84. The average Bonchev–Trinajstić information content (AvgIpc) is 2.17. The fraction of sp³-hybridized carbons (Fsp3) is 1.00. The molecular formula is C11H21NO. The SMILES string of the molecule is CCNC1CCOC2(CCC2C)C1.